The van der Waals surface area contributed by atoms with E-state index in [0.29, 0.717) is 12.1 Å². The van der Waals surface area contributed by atoms with Crippen molar-refractivity contribution in [1.29, 1.82) is 0 Å². The Morgan fingerprint density at radius 3 is 2.30 bits per heavy atom. The van der Waals surface area contributed by atoms with Crippen LogP contribution < -0.4 is 0 Å². The van der Waals surface area contributed by atoms with E-state index in [0.717, 1.165) is 21.5 Å². The number of halogens is 1. The Labute approximate surface area is 142 Å². The smallest absolute Gasteiger partial charge is 0.323 e. The number of aliphatic carboxylic acids is 1. The first-order valence-electron chi connectivity index (χ1n) is 7.18. The van der Waals surface area contributed by atoms with Gasteiger partial charge in [0.2, 0.25) is 0 Å². The van der Waals surface area contributed by atoms with Crippen LogP contribution in [0.1, 0.15) is 28.7 Å². The molecule has 1 amide bonds. The number of benzene rings is 1. The zero-order chi connectivity index (χ0) is 17.1. The molecule has 1 aromatic carbocycles. The van der Waals surface area contributed by atoms with E-state index in [2.05, 4.69) is 21.0 Å². The van der Waals surface area contributed by atoms with Gasteiger partial charge >= 0.3 is 5.97 Å². The van der Waals surface area contributed by atoms with Crippen molar-refractivity contribution < 1.29 is 14.7 Å². The molecule has 0 spiro atoms. The molecule has 0 aliphatic heterocycles. The summed E-state index contributed by atoms with van der Waals surface area (Å²) >= 11 is 3.49. The first kappa shape index (κ1) is 17.2. The number of rotatable bonds is 5. The lowest BCUT2D eigenvalue weighted by molar-refractivity contribution is -0.137. The molecule has 2 aromatic rings. The number of likely N-dealkylation sites (N-methyl/N-ethyl adjacent to an activating group) is 1. The zero-order valence-electron chi connectivity index (χ0n) is 13.2. The summed E-state index contributed by atoms with van der Waals surface area (Å²) in [5.74, 6) is -1.32. The van der Waals surface area contributed by atoms with Gasteiger partial charge in [-0.15, -0.1) is 0 Å². The van der Waals surface area contributed by atoms with Crippen LogP contribution in [-0.2, 0) is 4.79 Å². The third-order valence-corrected chi connectivity index (χ3v) is 4.70. The number of hydrogen-bond acceptors (Lipinski definition) is 3. The topological polar surface area (TPSA) is 75.4 Å². The lowest BCUT2D eigenvalue weighted by atomic mass is 10.1. The Hall–Kier alpha value is -2.15. The van der Waals surface area contributed by atoms with Gasteiger partial charge in [0, 0.05) is 12.1 Å². The van der Waals surface area contributed by atoms with Gasteiger partial charge in [-0.05, 0) is 61.0 Å². The zero-order valence-corrected chi connectivity index (χ0v) is 14.8. The van der Waals surface area contributed by atoms with E-state index in [4.69, 9.17) is 5.11 Å². The molecule has 0 radical (unpaired) electrons. The molecule has 6 nitrogen and oxygen atoms in total. The number of aryl methyl sites for hydroxylation is 1. The predicted molar refractivity (Wildman–Crippen MR) is 90.0 cm³/mol. The van der Waals surface area contributed by atoms with Crippen molar-refractivity contribution in [2.45, 2.75) is 20.8 Å². The maximum absolute atomic E-state index is 12.3. The Morgan fingerprint density at radius 2 is 1.87 bits per heavy atom. The second kappa shape index (κ2) is 6.95. The molecular weight excluding hydrogens is 362 g/mol. The van der Waals surface area contributed by atoms with E-state index in [9.17, 15) is 9.59 Å². The van der Waals surface area contributed by atoms with E-state index in [-0.39, 0.29) is 12.5 Å². The van der Waals surface area contributed by atoms with E-state index >= 15 is 0 Å². The summed E-state index contributed by atoms with van der Waals surface area (Å²) in [6.07, 6.45) is 0. The molecule has 0 saturated carbocycles. The molecule has 7 heteroatoms. The van der Waals surface area contributed by atoms with Crippen molar-refractivity contribution >= 4 is 27.8 Å². The maximum atomic E-state index is 12.3. The molecule has 122 valence electrons. The van der Waals surface area contributed by atoms with Crippen LogP contribution in [0.15, 0.2) is 28.7 Å². The number of carbonyl (C=O) groups is 2. The highest BCUT2D eigenvalue weighted by molar-refractivity contribution is 9.10. The highest BCUT2D eigenvalue weighted by Crippen LogP contribution is 2.23. The van der Waals surface area contributed by atoms with E-state index < -0.39 is 5.97 Å². The Morgan fingerprint density at radius 1 is 1.26 bits per heavy atom. The van der Waals surface area contributed by atoms with Crippen LogP contribution >= 0.6 is 15.9 Å². The number of amides is 1. The monoisotopic (exact) mass is 379 g/mol. The van der Waals surface area contributed by atoms with Crippen molar-refractivity contribution in [3.8, 4) is 5.69 Å². The molecule has 0 atom stereocenters. The largest absolute Gasteiger partial charge is 0.480 e. The van der Waals surface area contributed by atoms with Crippen LogP contribution in [0.4, 0.5) is 0 Å². The number of aromatic nitrogens is 2. The number of hydrogen-bond donors (Lipinski definition) is 1. The fraction of sp³-hybridized carbons (Fsp3) is 0.312. The summed E-state index contributed by atoms with van der Waals surface area (Å²) in [7, 11) is 0. The van der Waals surface area contributed by atoms with Crippen LogP contribution in [0.25, 0.3) is 5.69 Å². The molecule has 2 rings (SSSR count). The van der Waals surface area contributed by atoms with Gasteiger partial charge < -0.3 is 10.0 Å². The summed E-state index contributed by atoms with van der Waals surface area (Å²) in [5, 5.41) is 13.3. The summed E-state index contributed by atoms with van der Waals surface area (Å²) in [5.41, 5.74) is 3.16. The van der Waals surface area contributed by atoms with Crippen molar-refractivity contribution in [2.24, 2.45) is 0 Å². The first-order valence-corrected chi connectivity index (χ1v) is 7.97. The van der Waals surface area contributed by atoms with E-state index in [1.54, 1.807) is 35.9 Å². The number of carbonyl (C=O) groups excluding carboxylic acids is 1. The standard InChI is InChI=1S/C16H18BrN3O3/c1-4-19(9-14(21)22)16(23)12-5-7-13(8-6-12)20-11(3)15(17)10(2)18-20/h5-8H,4,9H2,1-3H3,(H,21,22). The molecule has 23 heavy (non-hydrogen) atoms. The van der Waals surface area contributed by atoms with Gasteiger partial charge in [0.05, 0.1) is 21.5 Å². The van der Waals surface area contributed by atoms with Crippen LogP contribution in [0.3, 0.4) is 0 Å². The van der Waals surface area contributed by atoms with Crippen LogP contribution in [0.2, 0.25) is 0 Å². The van der Waals surface area contributed by atoms with Crippen molar-refractivity contribution in [3.63, 3.8) is 0 Å². The predicted octanol–water partition coefficient (Wildman–Crippen LogP) is 2.80. The van der Waals surface area contributed by atoms with Crippen molar-refractivity contribution in [1.82, 2.24) is 14.7 Å². The Bertz CT molecular complexity index is 738. The first-order chi connectivity index (χ1) is 10.8. The molecule has 0 bridgehead atoms. The third-order valence-electron chi connectivity index (χ3n) is 3.56. The quantitative estimate of drug-likeness (QED) is 0.866. The maximum Gasteiger partial charge on any atom is 0.323 e. The van der Waals surface area contributed by atoms with Crippen LogP contribution in [0, 0.1) is 13.8 Å². The SMILES string of the molecule is CCN(CC(=O)O)C(=O)c1ccc(-n2nc(C)c(Br)c2C)cc1. The van der Waals surface area contributed by atoms with Gasteiger partial charge in [-0.25, -0.2) is 4.68 Å². The second-order valence-electron chi connectivity index (χ2n) is 5.16. The van der Waals surface area contributed by atoms with Gasteiger partial charge in [-0.2, -0.15) is 5.10 Å². The lowest BCUT2D eigenvalue weighted by Gasteiger charge is -2.18. The highest BCUT2D eigenvalue weighted by Gasteiger charge is 2.17. The minimum atomic E-state index is -1.02. The molecule has 0 unspecified atom stereocenters. The minimum Gasteiger partial charge on any atom is -0.480 e. The van der Waals surface area contributed by atoms with Crippen molar-refractivity contribution in [2.75, 3.05) is 13.1 Å². The van der Waals surface area contributed by atoms with Crippen LogP contribution in [-0.4, -0.2) is 44.8 Å². The molecule has 0 saturated heterocycles. The summed E-state index contributed by atoms with van der Waals surface area (Å²) in [6.45, 7) is 5.66. The molecule has 0 fully saturated rings. The molecule has 1 heterocycles. The second-order valence-corrected chi connectivity index (χ2v) is 5.95. The summed E-state index contributed by atoms with van der Waals surface area (Å²) in [6, 6.07) is 6.97. The lowest BCUT2D eigenvalue weighted by Crippen LogP contribution is -2.35. The number of carboxylic acids is 1. The van der Waals surface area contributed by atoms with Gasteiger partial charge in [0.25, 0.3) is 5.91 Å². The number of carboxylic acid groups (broad SMARTS) is 1. The summed E-state index contributed by atoms with van der Waals surface area (Å²) < 4.78 is 2.75. The van der Waals surface area contributed by atoms with Crippen LogP contribution in [0.5, 0.6) is 0 Å². The average molecular weight is 380 g/mol. The Balaban J connectivity index is 2.26. The fourth-order valence-electron chi connectivity index (χ4n) is 2.29. The van der Waals surface area contributed by atoms with E-state index in [1.807, 2.05) is 13.8 Å². The summed E-state index contributed by atoms with van der Waals surface area (Å²) in [4.78, 5) is 24.4. The minimum absolute atomic E-state index is 0.295. The normalized spacial score (nSPS) is 10.6. The van der Waals surface area contributed by atoms with Gasteiger partial charge in [-0.3, -0.25) is 9.59 Å². The average Bonchev–Trinajstić information content (AvgIpc) is 2.79. The highest BCUT2D eigenvalue weighted by atomic mass is 79.9. The third kappa shape index (κ3) is 3.61. The Kier molecular flexibility index (Phi) is 5.20. The molecule has 1 aromatic heterocycles. The molecule has 0 aliphatic carbocycles. The van der Waals surface area contributed by atoms with Gasteiger partial charge in [0.15, 0.2) is 0 Å². The fourth-order valence-corrected chi connectivity index (χ4v) is 2.54. The van der Waals surface area contributed by atoms with Gasteiger partial charge in [0.1, 0.15) is 6.54 Å². The van der Waals surface area contributed by atoms with E-state index in [1.165, 1.54) is 4.90 Å². The molecule has 1 N–H and O–H groups in total. The van der Waals surface area contributed by atoms with Crippen molar-refractivity contribution in [3.05, 3.63) is 45.7 Å². The van der Waals surface area contributed by atoms with Gasteiger partial charge in [-0.1, -0.05) is 0 Å². The number of nitrogens with zero attached hydrogens (tertiary/aromatic N) is 3. The molecular formula is C16H18BrN3O3. The molecule has 0 aliphatic rings.